The fraction of sp³-hybridized carbons (Fsp3) is 0. The Morgan fingerprint density at radius 1 is 0.889 bits per heavy atom. The van der Waals surface area contributed by atoms with Gasteiger partial charge in [-0.05, 0) is 41.5 Å². The maximum absolute atomic E-state index is 13.3. The average Bonchev–Trinajstić information content (AvgIpc) is 2.34. The van der Waals surface area contributed by atoms with Gasteiger partial charge in [0.15, 0.2) is 0 Å². The molecule has 1 nitrogen and oxygen atoms in total. The van der Waals surface area contributed by atoms with Crippen LogP contribution in [0.4, 0.5) is 8.78 Å². The van der Waals surface area contributed by atoms with Crippen molar-refractivity contribution in [2.24, 2.45) is 0 Å². The molecule has 0 N–H and O–H groups in total. The molecule has 2 aromatic rings. The van der Waals surface area contributed by atoms with Crippen LogP contribution in [0.25, 0.3) is 11.1 Å². The highest BCUT2D eigenvalue weighted by Crippen LogP contribution is 2.29. The fourth-order valence-electron chi connectivity index (χ4n) is 1.57. The Kier molecular flexibility index (Phi) is 3.64. The van der Waals surface area contributed by atoms with E-state index in [1.807, 2.05) is 0 Å². The molecule has 0 aliphatic heterocycles. The second-order valence-electron chi connectivity index (χ2n) is 3.64. The summed E-state index contributed by atoms with van der Waals surface area (Å²) in [6, 6.07) is 6.63. The molecule has 5 heteroatoms. The van der Waals surface area contributed by atoms with Gasteiger partial charge in [0, 0.05) is 10.6 Å². The molecule has 0 spiro atoms. The Morgan fingerprint density at radius 2 is 1.44 bits per heavy atom. The number of aldehydes is 1. The summed E-state index contributed by atoms with van der Waals surface area (Å²) in [6.07, 6.45) is 0.609. The topological polar surface area (TPSA) is 17.1 Å². The first-order valence-corrected chi connectivity index (χ1v) is 5.67. The molecule has 0 amide bonds. The number of carbonyl (C=O) groups excluding carboxylic acids is 1. The number of benzene rings is 2. The van der Waals surface area contributed by atoms with Crippen molar-refractivity contribution in [1.82, 2.24) is 0 Å². The molecule has 92 valence electrons. The summed E-state index contributed by atoms with van der Waals surface area (Å²) in [5.41, 5.74) is 1.03. The van der Waals surface area contributed by atoms with Crippen molar-refractivity contribution in [3.05, 3.63) is 57.6 Å². The van der Waals surface area contributed by atoms with Gasteiger partial charge in [-0.25, -0.2) is 8.78 Å². The normalized spacial score (nSPS) is 10.4. The van der Waals surface area contributed by atoms with Gasteiger partial charge < -0.3 is 0 Å². The average molecular weight is 287 g/mol. The lowest BCUT2D eigenvalue weighted by atomic mass is 10.0. The molecule has 2 rings (SSSR count). The van der Waals surface area contributed by atoms with Crippen molar-refractivity contribution in [2.75, 3.05) is 0 Å². The summed E-state index contributed by atoms with van der Waals surface area (Å²) in [7, 11) is 0. The number of hydrogen-bond donors (Lipinski definition) is 0. The van der Waals surface area contributed by atoms with E-state index in [4.69, 9.17) is 23.2 Å². The van der Waals surface area contributed by atoms with Crippen LogP contribution in [0.5, 0.6) is 0 Å². The Bertz CT molecular complexity index is 603. The standard InChI is InChI=1S/C13H6Cl2F2O/c14-10-2-7(6-18)1-8(3-10)9-4-11(16)13(15)12(17)5-9/h1-6H. The van der Waals surface area contributed by atoms with Gasteiger partial charge in [-0.3, -0.25) is 4.79 Å². The Morgan fingerprint density at radius 3 is 2.00 bits per heavy atom. The predicted molar refractivity (Wildman–Crippen MR) is 67.2 cm³/mol. The fourth-order valence-corrected chi connectivity index (χ4v) is 1.92. The molecular weight excluding hydrogens is 281 g/mol. The molecule has 18 heavy (non-hydrogen) atoms. The molecule has 0 atom stereocenters. The lowest BCUT2D eigenvalue weighted by molar-refractivity contribution is 0.112. The van der Waals surface area contributed by atoms with Crippen LogP contribution in [0, 0.1) is 11.6 Å². The van der Waals surface area contributed by atoms with Crippen molar-refractivity contribution >= 4 is 29.5 Å². The molecule has 0 saturated carbocycles. The molecule has 0 unspecified atom stereocenters. The van der Waals surface area contributed by atoms with E-state index in [1.165, 1.54) is 18.2 Å². The van der Waals surface area contributed by atoms with Crippen LogP contribution in [-0.2, 0) is 0 Å². The van der Waals surface area contributed by atoms with Gasteiger partial charge >= 0.3 is 0 Å². The monoisotopic (exact) mass is 286 g/mol. The summed E-state index contributed by atoms with van der Waals surface area (Å²) < 4.78 is 26.7. The Labute approximate surface area is 112 Å². The minimum atomic E-state index is -0.862. The second-order valence-corrected chi connectivity index (χ2v) is 4.46. The first-order valence-electron chi connectivity index (χ1n) is 4.92. The minimum Gasteiger partial charge on any atom is -0.298 e. The van der Waals surface area contributed by atoms with E-state index in [2.05, 4.69) is 0 Å². The van der Waals surface area contributed by atoms with Gasteiger partial charge in [-0.1, -0.05) is 23.2 Å². The van der Waals surface area contributed by atoms with Crippen LogP contribution < -0.4 is 0 Å². The summed E-state index contributed by atoms with van der Waals surface area (Å²) in [4.78, 5) is 10.7. The highest BCUT2D eigenvalue weighted by molar-refractivity contribution is 6.31. The van der Waals surface area contributed by atoms with Crippen molar-refractivity contribution < 1.29 is 13.6 Å². The predicted octanol–water partition coefficient (Wildman–Crippen LogP) is 4.75. The van der Waals surface area contributed by atoms with E-state index < -0.39 is 16.7 Å². The third kappa shape index (κ3) is 2.52. The first kappa shape index (κ1) is 13.0. The van der Waals surface area contributed by atoms with Crippen molar-refractivity contribution in [2.45, 2.75) is 0 Å². The van der Waals surface area contributed by atoms with Crippen molar-refractivity contribution in [3.63, 3.8) is 0 Å². The van der Waals surface area contributed by atoms with Crippen LogP contribution in [0.1, 0.15) is 10.4 Å². The van der Waals surface area contributed by atoms with Gasteiger partial charge in [0.25, 0.3) is 0 Å². The first-order chi connectivity index (χ1) is 8.51. The molecule has 0 saturated heterocycles. The van der Waals surface area contributed by atoms with Gasteiger partial charge in [0.2, 0.25) is 0 Å². The van der Waals surface area contributed by atoms with Crippen LogP contribution in [0.3, 0.4) is 0 Å². The zero-order valence-corrected chi connectivity index (χ0v) is 10.4. The smallest absolute Gasteiger partial charge is 0.150 e. The van der Waals surface area contributed by atoms with Crippen LogP contribution in [-0.4, -0.2) is 6.29 Å². The molecular formula is C13H6Cl2F2O. The maximum Gasteiger partial charge on any atom is 0.150 e. The second kappa shape index (κ2) is 5.04. The molecule has 0 fully saturated rings. The van der Waals surface area contributed by atoms with Crippen LogP contribution in [0.15, 0.2) is 30.3 Å². The van der Waals surface area contributed by atoms with E-state index in [9.17, 15) is 13.6 Å². The zero-order chi connectivity index (χ0) is 13.3. The summed E-state index contributed by atoms with van der Waals surface area (Å²) in [5, 5.41) is -0.248. The van der Waals surface area contributed by atoms with Gasteiger partial charge in [0.1, 0.15) is 22.9 Å². The molecule has 0 aromatic heterocycles. The zero-order valence-electron chi connectivity index (χ0n) is 8.88. The van der Waals surface area contributed by atoms with E-state index in [0.717, 1.165) is 12.1 Å². The molecule has 0 bridgehead atoms. The van der Waals surface area contributed by atoms with Gasteiger partial charge in [-0.15, -0.1) is 0 Å². The lowest BCUT2D eigenvalue weighted by Gasteiger charge is -2.06. The Hall–Kier alpha value is -1.45. The third-order valence-electron chi connectivity index (χ3n) is 2.37. The number of rotatable bonds is 2. The lowest BCUT2D eigenvalue weighted by Crippen LogP contribution is -1.89. The maximum atomic E-state index is 13.3. The van der Waals surface area contributed by atoms with E-state index in [1.54, 1.807) is 0 Å². The summed E-state index contributed by atoms with van der Waals surface area (Å²) >= 11 is 11.2. The number of carbonyl (C=O) groups is 1. The number of halogens is 4. The number of hydrogen-bond acceptors (Lipinski definition) is 1. The van der Waals surface area contributed by atoms with E-state index in [0.29, 0.717) is 22.4 Å². The molecule has 0 aliphatic rings. The molecule has 0 aliphatic carbocycles. The third-order valence-corrected chi connectivity index (χ3v) is 2.95. The van der Waals surface area contributed by atoms with Crippen molar-refractivity contribution in [1.29, 1.82) is 0 Å². The molecule has 0 heterocycles. The van der Waals surface area contributed by atoms with Gasteiger partial charge in [-0.2, -0.15) is 0 Å². The SMILES string of the molecule is O=Cc1cc(Cl)cc(-c2cc(F)c(Cl)c(F)c2)c1. The van der Waals surface area contributed by atoms with E-state index >= 15 is 0 Å². The molecule has 0 radical (unpaired) electrons. The van der Waals surface area contributed by atoms with Crippen molar-refractivity contribution in [3.8, 4) is 11.1 Å². The minimum absolute atomic E-state index is 0.264. The molecule has 2 aromatic carbocycles. The van der Waals surface area contributed by atoms with E-state index in [-0.39, 0.29) is 5.56 Å². The quantitative estimate of drug-likeness (QED) is 0.575. The highest BCUT2D eigenvalue weighted by Gasteiger charge is 2.11. The van der Waals surface area contributed by atoms with Crippen LogP contribution >= 0.6 is 23.2 Å². The van der Waals surface area contributed by atoms with Gasteiger partial charge in [0.05, 0.1) is 0 Å². The summed E-state index contributed by atoms with van der Waals surface area (Å²) in [6.45, 7) is 0. The summed E-state index contributed by atoms with van der Waals surface area (Å²) in [5.74, 6) is -1.72. The van der Waals surface area contributed by atoms with Crippen LogP contribution in [0.2, 0.25) is 10.0 Å². The largest absolute Gasteiger partial charge is 0.298 e. The highest BCUT2D eigenvalue weighted by atomic mass is 35.5. The Balaban J connectivity index is 2.61.